The van der Waals surface area contributed by atoms with Crippen molar-refractivity contribution >= 4 is 11.6 Å². The lowest BCUT2D eigenvalue weighted by molar-refractivity contribution is 0.0906. The molecule has 1 fully saturated rings. The van der Waals surface area contributed by atoms with E-state index in [1.54, 1.807) is 25.3 Å². The van der Waals surface area contributed by atoms with E-state index >= 15 is 0 Å². The average Bonchev–Trinajstić information content (AvgIpc) is 3.21. The van der Waals surface area contributed by atoms with Crippen molar-refractivity contribution in [3.8, 4) is 5.75 Å². The molecule has 1 aromatic rings. The molecule has 104 valence electrons. The molecule has 19 heavy (non-hydrogen) atoms. The van der Waals surface area contributed by atoms with Crippen LogP contribution in [-0.2, 0) is 4.74 Å². The van der Waals surface area contributed by atoms with Crippen LogP contribution in [0.25, 0.3) is 0 Å². The second-order valence-corrected chi connectivity index (χ2v) is 4.77. The number of hydrogen-bond donors (Lipinski definition) is 2. The molecule has 0 aliphatic heterocycles. The summed E-state index contributed by atoms with van der Waals surface area (Å²) in [6.45, 7) is 1.85. The topological polar surface area (TPSA) is 73.6 Å². The van der Waals surface area contributed by atoms with Crippen LogP contribution in [0.15, 0.2) is 18.2 Å². The molecular formula is C14H20N2O3. The van der Waals surface area contributed by atoms with Gasteiger partial charge < -0.3 is 20.5 Å². The Labute approximate surface area is 113 Å². The first-order valence-electron chi connectivity index (χ1n) is 6.49. The molecule has 0 bridgehead atoms. The minimum atomic E-state index is -0.166. The molecule has 1 amide bonds. The molecule has 0 saturated heterocycles. The van der Waals surface area contributed by atoms with Crippen LogP contribution in [0.1, 0.15) is 23.2 Å². The number of hydrogen-bond acceptors (Lipinski definition) is 4. The number of nitrogen functional groups attached to an aromatic ring is 1. The lowest BCUT2D eigenvalue weighted by Gasteiger charge is -2.08. The number of ether oxygens (including phenoxy) is 2. The van der Waals surface area contributed by atoms with E-state index in [0.29, 0.717) is 30.2 Å². The van der Waals surface area contributed by atoms with Crippen LogP contribution >= 0.6 is 0 Å². The number of amides is 1. The maximum Gasteiger partial charge on any atom is 0.251 e. The Bertz CT molecular complexity index is 444. The van der Waals surface area contributed by atoms with E-state index in [-0.39, 0.29) is 5.91 Å². The van der Waals surface area contributed by atoms with Gasteiger partial charge >= 0.3 is 0 Å². The van der Waals surface area contributed by atoms with Crippen molar-refractivity contribution in [1.82, 2.24) is 5.32 Å². The predicted octanol–water partition coefficient (Wildman–Crippen LogP) is 1.43. The van der Waals surface area contributed by atoms with Crippen LogP contribution in [0, 0.1) is 5.92 Å². The van der Waals surface area contributed by atoms with Gasteiger partial charge in [0.2, 0.25) is 0 Å². The van der Waals surface area contributed by atoms with Crippen molar-refractivity contribution in [2.75, 3.05) is 32.6 Å². The van der Waals surface area contributed by atoms with Gasteiger partial charge in [-0.15, -0.1) is 0 Å². The molecule has 1 aromatic carbocycles. The summed E-state index contributed by atoms with van der Waals surface area (Å²) in [6.07, 6.45) is 2.55. The normalized spacial score (nSPS) is 14.2. The lowest BCUT2D eigenvalue weighted by atomic mass is 10.2. The van der Waals surface area contributed by atoms with Crippen LogP contribution < -0.4 is 15.8 Å². The molecule has 1 saturated carbocycles. The fourth-order valence-corrected chi connectivity index (χ4v) is 1.74. The van der Waals surface area contributed by atoms with Crippen LogP contribution in [0.3, 0.4) is 0 Å². The van der Waals surface area contributed by atoms with E-state index < -0.39 is 0 Å². The number of benzene rings is 1. The zero-order valence-corrected chi connectivity index (χ0v) is 11.1. The Hall–Kier alpha value is -1.75. The molecule has 0 unspecified atom stereocenters. The van der Waals surface area contributed by atoms with Gasteiger partial charge in [-0.25, -0.2) is 0 Å². The highest BCUT2D eigenvalue weighted by atomic mass is 16.5. The molecule has 1 aliphatic carbocycles. The molecule has 5 nitrogen and oxygen atoms in total. The van der Waals surface area contributed by atoms with Crippen molar-refractivity contribution in [1.29, 1.82) is 0 Å². The van der Waals surface area contributed by atoms with E-state index in [1.807, 2.05) is 0 Å². The second-order valence-electron chi connectivity index (χ2n) is 4.77. The molecule has 0 atom stereocenters. The monoisotopic (exact) mass is 264 g/mol. The standard InChI is InChI=1S/C14H20N2O3/c1-18-13-7-11(6-12(15)8-13)14(17)16-4-5-19-9-10-2-3-10/h6-8,10H,2-5,9,15H2,1H3,(H,16,17). The van der Waals surface area contributed by atoms with E-state index in [4.69, 9.17) is 15.2 Å². The minimum Gasteiger partial charge on any atom is -0.497 e. The highest BCUT2D eigenvalue weighted by molar-refractivity contribution is 5.95. The maximum absolute atomic E-state index is 11.9. The van der Waals surface area contributed by atoms with Gasteiger partial charge in [0, 0.05) is 30.5 Å². The van der Waals surface area contributed by atoms with Gasteiger partial charge in [0.05, 0.1) is 13.7 Å². The maximum atomic E-state index is 11.9. The van der Waals surface area contributed by atoms with Gasteiger partial charge in [0.15, 0.2) is 0 Å². The number of methoxy groups -OCH3 is 1. The Morgan fingerprint density at radius 1 is 1.42 bits per heavy atom. The zero-order valence-electron chi connectivity index (χ0n) is 11.1. The summed E-state index contributed by atoms with van der Waals surface area (Å²) in [5.41, 5.74) is 6.71. The average molecular weight is 264 g/mol. The van der Waals surface area contributed by atoms with Crippen LogP contribution in [0.2, 0.25) is 0 Å². The molecule has 0 radical (unpaired) electrons. The summed E-state index contributed by atoms with van der Waals surface area (Å²) in [5.74, 6) is 1.16. The summed E-state index contributed by atoms with van der Waals surface area (Å²) in [5, 5.41) is 2.80. The first-order valence-corrected chi connectivity index (χ1v) is 6.49. The Balaban J connectivity index is 1.76. The number of carbonyl (C=O) groups is 1. The molecule has 0 aromatic heterocycles. The molecule has 1 aliphatic rings. The van der Waals surface area contributed by atoms with Crippen molar-refractivity contribution in [2.24, 2.45) is 5.92 Å². The summed E-state index contributed by atoms with van der Waals surface area (Å²) in [4.78, 5) is 11.9. The Morgan fingerprint density at radius 3 is 2.89 bits per heavy atom. The van der Waals surface area contributed by atoms with Crippen molar-refractivity contribution in [3.63, 3.8) is 0 Å². The number of carbonyl (C=O) groups excluding carboxylic acids is 1. The second kappa shape index (κ2) is 6.43. The van der Waals surface area contributed by atoms with Crippen molar-refractivity contribution < 1.29 is 14.3 Å². The van der Waals surface area contributed by atoms with Crippen LogP contribution in [-0.4, -0.2) is 32.8 Å². The molecule has 3 N–H and O–H groups in total. The minimum absolute atomic E-state index is 0.166. The highest BCUT2D eigenvalue weighted by Crippen LogP contribution is 2.28. The van der Waals surface area contributed by atoms with E-state index in [1.165, 1.54) is 12.8 Å². The first-order chi connectivity index (χ1) is 9.19. The fraction of sp³-hybridized carbons (Fsp3) is 0.500. The van der Waals surface area contributed by atoms with Crippen LogP contribution in [0.4, 0.5) is 5.69 Å². The smallest absolute Gasteiger partial charge is 0.251 e. The molecule has 0 spiro atoms. The summed E-state index contributed by atoms with van der Waals surface area (Å²) in [6, 6.07) is 4.97. The number of nitrogens with two attached hydrogens (primary N) is 1. The SMILES string of the molecule is COc1cc(N)cc(C(=O)NCCOCC2CC2)c1. The van der Waals surface area contributed by atoms with Gasteiger partial charge in [0.1, 0.15) is 5.75 Å². The third-order valence-corrected chi connectivity index (χ3v) is 3.01. The predicted molar refractivity (Wildman–Crippen MR) is 73.3 cm³/mol. The first kappa shape index (κ1) is 13.7. The van der Waals surface area contributed by atoms with E-state index in [9.17, 15) is 4.79 Å². The number of rotatable bonds is 7. The van der Waals surface area contributed by atoms with E-state index in [2.05, 4.69) is 5.32 Å². The van der Waals surface area contributed by atoms with E-state index in [0.717, 1.165) is 12.5 Å². The quantitative estimate of drug-likeness (QED) is 0.577. The number of nitrogens with one attached hydrogen (secondary N) is 1. The lowest BCUT2D eigenvalue weighted by Crippen LogP contribution is -2.27. The fourth-order valence-electron chi connectivity index (χ4n) is 1.74. The molecule has 0 heterocycles. The molecular weight excluding hydrogens is 244 g/mol. The van der Waals surface area contributed by atoms with Gasteiger partial charge in [-0.3, -0.25) is 4.79 Å². The van der Waals surface area contributed by atoms with Crippen LogP contribution in [0.5, 0.6) is 5.75 Å². The summed E-state index contributed by atoms with van der Waals surface area (Å²) in [7, 11) is 1.54. The molecule has 5 heteroatoms. The van der Waals surface area contributed by atoms with Gasteiger partial charge in [-0.05, 0) is 30.9 Å². The van der Waals surface area contributed by atoms with Crippen molar-refractivity contribution in [3.05, 3.63) is 23.8 Å². The third-order valence-electron chi connectivity index (χ3n) is 3.01. The number of anilines is 1. The van der Waals surface area contributed by atoms with Gasteiger partial charge in [-0.2, -0.15) is 0 Å². The van der Waals surface area contributed by atoms with Gasteiger partial charge in [-0.1, -0.05) is 0 Å². The highest BCUT2D eigenvalue weighted by Gasteiger charge is 2.20. The Kier molecular flexibility index (Phi) is 4.63. The van der Waals surface area contributed by atoms with Gasteiger partial charge in [0.25, 0.3) is 5.91 Å². The Morgan fingerprint density at radius 2 is 2.21 bits per heavy atom. The zero-order chi connectivity index (χ0) is 13.7. The largest absolute Gasteiger partial charge is 0.497 e. The van der Waals surface area contributed by atoms with Crippen molar-refractivity contribution in [2.45, 2.75) is 12.8 Å². The summed E-state index contributed by atoms with van der Waals surface area (Å²) < 4.78 is 10.5. The summed E-state index contributed by atoms with van der Waals surface area (Å²) >= 11 is 0. The third kappa shape index (κ3) is 4.44. The molecule has 2 rings (SSSR count).